The minimum Gasteiger partial charge on any atom is -0.491 e. The van der Waals surface area contributed by atoms with Gasteiger partial charge in [-0.05, 0) is 171 Å². The molecule has 0 unspecified atom stereocenters. The number of fused-ring (bicyclic) bond motifs is 4. The van der Waals surface area contributed by atoms with Crippen molar-refractivity contribution >= 4 is 155 Å². The number of nitrogens with one attached hydrogen (secondary N) is 2. The van der Waals surface area contributed by atoms with Gasteiger partial charge in [-0.3, -0.25) is 9.44 Å². The number of anilines is 8. The van der Waals surface area contributed by atoms with Crippen LogP contribution < -0.4 is 66.8 Å². The van der Waals surface area contributed by atoms with E-state index < -0.39 is 39.7 Å². The first-order chi connectivity index (χ1) is 67.6. The molecule has 0 spiro atoms. The highest BCUT2D eigenvalue weighted by Crippen LogP contribution is 2.46. The van der Waals surface area contributed by atoms with Crippen molar-refractivity contribution in [1.82, 2.24) is 44.4 Å². The molecule has 8 heterocycles. The molecule has 0 saturated heterocycles. The number of rotatable bonds is 36. The van der Waals surface area contributed by atoms with E-state index in [1.165, 1.54) is 31.0 Å². The number of aromatic nitrogens is 9. The maximum absolute atomic E-state index is 11.5. The summed E-state index contributed by atoms with van der Waals surface area (Å²) in [6.07, 6.45) is 23.6. The fraction of sp³-hybridized carbons (Fsp3) is 0.276. The van der Waals surface area contributed by atoms with Crippen LogP contribution >= 0.6 is 58.0 Å². The van der Waals surface area contributed by atoms with Crippen LogP contribution in [0.4, 0.5) is 46.0 Å². The predicted molar refractivity (Wildman–Crippen MR) is 541 cm³/mol. The van der Waals surface area contributed by atoms with Crippen molar-refractivity contribution in [2.24, 2.45) is 0 Å². The predicted octanol–water partition coefficient (Wildman–Crippen LogP) is 18.1. The Kier molecular flexibility index (Phi) is 35.4. The van der Waals surface area contributed by atoms with Gasteiger partial charge in [0.2, 0.25) is 31.9 Å². The zero-order chi connectivity index (χ0) is 101. The average molecular weight is 2090 g/mol. The van der Waals surface area contributed by atoms with E-state index in [4.69, 9.17) is 107 Å². The molecule has 141 heavy (non-hydrogen) atoms. The minimum absolute atomic E-state index is 0.00336. The van der Waals surface area contributed by atoms with Crippen LogP contribution in [-0.4, -0.2) is 162 Å². The normalized spacial score (nSPS) is 12.4. The van der Waals surface area contributed by atoms with Crippen LogP contribution in [0.25, 0.3) is 16.6 Å². The van der Waals surface area contributed by atoms with E-state index in [1.807, 2.05) is 123 Å². The SMILES string of the molecule is C#Cc1cc(N2CCOc3cc(OCc4ccnc(CS(C)(=O)=O)n4)ccc32)cc(Cl)c1OCCCl.CCCOc1c(Cl)cc(-n2ccc3cc(OCc4cnc(NS(C)(=O)=O)nc4)ccc32)cc1C#N.CCCOc1c(Cl)cc(N2CCc3cc(OCc4ccnc(CS(C)(=O)=O)n4)ccc32)cc1C#N.CCCOc1c(Cl)cc(N2CCc3ccc(OCc4ccnc(NS(C)(=O)=O)n4)cc32)cc1C#N. The van der Waals surface area contributed by atoms with Crippen LogP contribution in [0, 0.1) is 46.3 Å². The Hall–Kier alpha value is -13.9. The molecule has 0 radical (unpaired) electrons. The Labute approximate surface area is 841 Å². The van der Waals surface area contributed by atoms with E-state index in [2.05, 4.69) is 88.1 Å². The first kappa shape index (κ1) is 104. The van der Waals surface area contributed by atoms with Crippen LogP contribution in [0.5, 0.6) is 51.7 Å². The second-order valence-corrected chi connectivity index (χ2v) is 41.7. The lowest BCUT2D eigenvalue weighted by molar-refractivity contribution is 0.289. The largest absolute Gasteiger partial charge is 0.491 e. The van der Waals surface area contributed by atoms with E-state index in [0.717, 1.165) is 132 Å². The summed E-state index contributed by atoms with van der Waals surface area (Å²) in [6.45, 7) is 11.0. The van der Waals surface area contributed by atoms with E-state index in [-0.39, 0.29) is 61.5 Å². The highest BCUT2D eigenvalue weighted by molar-refractivity contribution is 7.92. The summed E-state index contributed by atoms with van der Waals surface area (Å²) in [4.78, 5) is 38.9. The van der Waals surface area contributed by atoms with Gasteiger partial charge in [0.05, 0.1) is 115 Å². The number of hydrogen-bond acceptors (Lipinski definition) is 31. The molecular formula is C98H94Cl5N17O17S4. The molecule has 0 aliphatic carbocycles. The van der Waals surface area contributed by atoms with Crippen LogP contribution in [0.1, 0.15) is 108 Å². The van der Waals surface area contributed by atoms with Crippen molar-refractivity contribution in [2.45, 2.75) is 90.8 Å². The zero-order valence-corrected chi connectivity index (χ0v) is 84.3. The molecule has 3 aliphatic rings. The molecule has 0 atom stereocenters. The molecule has 2 N–H and O–H groups in total. The molecule has 16 rings (SSSR count). The van der Waals surface area contributed by atoms with Crippen molar-refractivity contribution in [3.05, 3.63) is 271 Å². The van der Waals surface area contributed by atoms with E-state index in [9.17, 15) is 49.5 Å². The third-order valence-electron chi connectivity index (χ3n) is 20.7. The number of nitrogens with zero attached hydrogens (tertiary/aromatic N) is 15. The van der Waals surface area contributed by atoms with Crippen LogP contribution in [0.15, 0.2) is 183 Å². The molecular weight excluding hydrogens is 1990 g/mol. The molecule has 8 aromatic carbocycles. The Balaban J connectivity index is 0.000000158. The lowest BCUT2D eigenvalue weighted by Gasteiger charge is -2.32. The van der Waals surface area contributed by atoms with Crippen molar-refractivity contribution in [2.75, 3.05) is 108 Å². The summed E-state index contributed by atoms with van der Waals surface area (Å²) < 4.78 is 150. The summed E-state index contributed by atoms with van der Waals surface area (Å²) in [5, 5.41) is 31.4. The molecule has 34 nitrogen and oxygen atoms in total. The number of benzene rings is 8. The first-order valence-electron chi connectivity index (χ1n) is 43.7. The van der Waals surface area contributed by atoms with Crippen molar-refractivity contribution in [3.8, 4) is 88.0 Å². The molecule has 43 heteroatoms. The van der Waals surface area contributed by atoms with Crippen molar-refractivity contribution < 1.29 is 76.3 Å². The third-order valence-corrected chi connectivity index (χ3v) is 24.7. The van der Waals surface area contributed by atoms with Gasteiger partial charge >= 0.3 is 0 Å². The van der Waals surface area contributed by atoms with Gasteiger partial charge in [0.25, 0.3) is 0 Å². The Morgan fingerprint density at radius 2 is 0.865 bits per heavy atom. The van der Waals surface area contributed by atoms with E-state index in [1.54, 1.807) is 54.6 Å². The maximum atomic E-state index is 11.5. The van der Waals surface area contributed by atoms with Gasteiger partial charge in [0.15, 0.2) is 42.7 Å². The van der Waals surface area contributed by atoms with Crippen LogP contribution in [0.3, 0.4) is 0 Å². The number of ether oxygens (including phenoxy) is 9. The molecule has 5 aromatic heterocycles. The summed E-state index contributed by atoms with van der Waals surface area (Å²) in [5.41, 5.74) is 13.3. The van der Waals surface area contributed by atoms with E-state index >= 15 is 0 Å². The summed E-state index contributed by atoms with van der Waals surface area (Å²) in [6, 6.07) is 50.7. The zero-order valence-electron chi connectivity index (χ0n) is 77.2. The number of hydrogen-bond donors (Lipinski definition) is 2. The fourth-order valence-corrected chi connectivity index (χ4v) is 17.9. The monoisotopic (exact) mass is 2080 g/mol. The highest BCUT2D eigenvalue weighted by atomic mass is 35.5. The number of nitriles is 3. The standard InChI is InChI=1S/C25H23Cl2N3O5S.C25H25ClN4O4S.C24H24ClN5O4S.C24H22ClN5O4S/c1-3-17-12-19(13-21(27)25(17)34-10-7-26)30-9-11-33-23-14-20(4-5-22(23)30)35-15-18-6-8-28-24(29-18)16-36(2,31)32;1-3-10-33-25-18(14-27)11-20(13-22(25)26)30-9-7-17-12-21(4-5-23(17)30)34-15-19-6-8-28-24(29-19)16-35(2,31)32;1-3-10-33-23-17(14-26)11-19(12-21(23)25)30-9-7-16-4-5-20(13-22(16)30)34-15-18-6-8-27-24(28-18)29-35(2,31)32;1-3-8-33-23-18(12-26)9-19(11-21(23)25)30-7-6-17-10-20(4-5-22(17)30)34-15-16-13-27-24(28-14-16)29-35(2,31)32/h1,4-6,8,12-14H,7,9-11,15-16H2,2H3;4-6,8,11-13H,3,7,9-10,15-16H2,1-2H3;4-6,8,11-13H,3,7,9-10,15H2,1-2H3,(H,27,28,29);4-7,9-11,13-14H,3,8,15H2,1-2H3,(H,27,28,29). The van der Waals surface area contributed by atoms with E-state index in [0.29, 0.717) is 162 Å². The third kappa shape index (κ3) is 28.9. The lowest BCUT2D eigenvalue weighted by Crippen LogP contribution is -2.28. The summed E-state index contributed by atoms with van der Waals surface area (Å²) >= 11 is 31.6. The van der Waals surface area contributed by atoms with Crippen LogP contribution in [0.2, 0.25) is 20.1 Å². The van der Waals surface area contributed by atoms with Crippen molar-refractivity contribution in [3.63, 3.8) is 0 Å². The Morgan fingerprint density at radius 3 is 1.38 bits per heavy atom. The summed E-state index contributed by atoms with van der Waals surface area (Å²) in [5.74, 6) is 7.83. The molecule has 3 aliphatic heterocycles. The Morgan fingerprint density at radius 1 is 0.433 bits per heavy atom. The number of halogens is 5. The quantitative estimate of drug-likeness (QED) is 0.0272. The molecule has 0 amide bonds. The topological polar surface area (TPSA) is 433 Å². The highest BCUT2D eigenvalue weighted by Gasteiger charge is 2.29. The number of terminal acetylenes is 1. The van der Waals surface area contributed by atoms with Gasteiger partial charge in [-0.1, -0.05) is 79.2 Å². The molecule has 13 aromatic rings. The van der Waals surface area contributed by atoms with Gasteiger partial charge < -0.3 is 61.9 Å². The fourth-order valence-electron chi connectivity index (χ4n) is 14.7. The second kappa shape index (κ2) is 47.8. The molecule has 0 fully saturated rings. The average Bonchev–Trinajstić information content (AvgIpc) is 1.70. The van der Waals surface area contributed by atoms with Gasteiger partial charge in [-0.2, -0.15) is 15.8 Å². The smallest absolute Gasteiger partial charge is 0.236 e. The number of sulfonamides is 2. The summed E-state index contributed by atoms with van der Waals surface area (Å²) in [7, 11) is -13.4. The Bertz CT molecular complexity index is 7440. The van der Waals surface area contributed by atoms with Gasteiger partial charge in [0.1, 0.15) is 110 Å². The minimum atomic E-state index is -3.47. The van der Waals surface area contributed by atoms with Gasteiger partial charge in [-0.25, -0.2) is 73.5 Å². The second-order valence-electron chi connectivity index (χ2n) is 32.0. The number of sulfone groups is 2. The van der Waals surface area contributed by atoms with Gasteiger partial charge in [-0.15, -0.1) is 18.0 Å². The first-order valence-corrected chi connectivity index (χ1v) is 53.7. The molecule has 0 bridgehead atoms. The number of alkyl halides is 1. The maximum Gasteiger partial charge on any atom is 0.236 e. The van der Waals surface area contributed by atoms with Crippen LogP contribution in [-0.2, 0) is 90.5 Å². The lowest BCUT2D eigenvalue weighted by atomic mass is 10.1. The molecule has 732 valence electrons. The van der Waals surface area contributed by atoms with Gasteiger partial charge in [0, 0.05) is 120 Å². The molecule has 0 saturated carbocycles. The van der Waals surface area contributed by atoms with Crippen molar-refractivity contribution in [1.29, 1.82) is 15.8 Å².